The molecule has 0 aliphatic rings. The summed E-state index contributed by atoms with van der Waals surface area (Å²) in [6, 6.07) is 7.67. The number of esters is 1. The van der Waals surface area contributed by atoms with Gasteiger partial charge in [-0.3, -0.25) is 0 Å². The highest BCUT2D eigenvalue weighted by Crippen LogP contribution is 2.39. The first-order chi connectivity index (χ1) is 9.67. The molecule has 0 radical (unpaired) electrons. The minimum atomic E-state index is -0.538. The zero-order valence-electron chi connectivity index (χ0n) is 11.9. The first kappa shape index (κ1) is 16.5. The number of carbonyl (C=O) groups is 1. The summed E-state index contributed by atoms with van der Waals surface area (Å²) in [7, 11) is 0. The number of thiophene rings is 1. The number of carbonyl (C=O) groups excluding carboxylic acids is 1. The van der Waals surface area contributed by atoms with E-state index in [0.717, 1.165) is 19.4 Å². The van der Waals surface area contributed by atoms with Crippen LogP contribution < -0.4 is 5.73 Å². The molecule has 1 aromatic heterocycles. The van der Waals surface area contributed by atoms with Gasteiger partial charge in [0.1, 0.15) is 10.5 Å². The van der Waals surface area contributed by atoms with Crippen LogP contribution in [0.5, 0.6) is 0 Å². The van der Waals surface area contributed by atoms with Gasteiger partial charge in [0.25, 0.3) is 0 Å². The molecule has 21 heavy (non-hydrogen) atoms. The van der Waals surface area contributed by atoms with Gasteiger partial charge in [-0.15, -0.1) is 11.3 Å². The Balaban J connectivity index is 2.39. The van der Waals surface area contributed by atoms with Gasteiger partial charge in [-0.05, 0) is 45.0 Å². The second kappa shape index (κ2) is 6.10. The smallest absolute Gasteiger partial charge is 0.350 e. The molecule has 2 aromatic rings. The SMILES string of the molecule is CC(C)(C)OC(=O)c1sc(-c2cc(Br)ccc2Br)cc1N. The maximum absolute atomic E-state index is 12.2. The Labute approximate surface area is 144 Å². The van der Waals surface area contributed by atoms with E-state index in [1.807, 2.05) is 39.0 Å². The average molecular weight is 433 g/mol. The molecule has 0 amide bonds. The number of nitrogen functional groups attached to an aromatic ring is 1. The summed E-state index contributed by atoms with van der Waals surface area (Å²) in [6.07, 6.45) is 0. The van der Waals surface area contributed by atoms with Gasteiger partial charge >= 0.3 is 5.97 Å². The lowest BCUT2D eigenvalue weighted by Crippen LogP contribution is -2.23. The lowest BCUT2D eigenvalue weighted by atomic mass is 10.2. The molecular formula is C15H15Br2NO2S. The highest BCUT2D eigenvalue weighted by molar-refractivity contribution is 9.11. The van der Waals surface area contributed by atoms with E-state index in [2.05, 4.69) is 31.9 Å². The van der Waals surface area contributed by atoms with Crippen molar-refractivity contribution in [2.45, 2.75) is 26.4 Å². The third-order valence-corrected chi connectivity index (χ3v) is 4.89. The Morgan fingerprint density at radius 3 is 2.52 bits per heavy atom. The van der Waals surface area contributed by atoms with Crippen molar-refractivity contribution in [2.75, 3.05) is 5.73 Å². The van der Waals surface area contributed by atoms with Crippen molar-refractivity contribution < 1.29 is 9.53 Å². The number of rotatable bonds is 2. The van der Waals surface area contributed by atoms with E-state index in [9.17, 15) is 4.79 Å². The number of halogens is 2. The van der Waals surface area contributed by atoms with Crippen molar-refractivity contribution in [1.29, 1.82) is 0 Å². The highest BCUT2D eigenvalue weighted by Gasteiger charge is 2.22. The number of nitrogens with two attached hydrogens (primary N) is 1. The maximum atomic E-state index is 12.2. The summed E-state index contributed by atoms with van der Waals surface area (Å²) in [6.45, 7) is 5.50. The normalized spacial score (nSPS) is 11.5. The standard InChI is InChI=1S/C15H15Br2NO2S/c1-15(2,3)20-14(19)13-11(18)7-12(21-13)9-6-8(16)4-5-10(9)17/h4-7H,18H2,1-3H3. The number of hydrogen-bond donors (Lipinski definition) is 1. The van der Waals surface area contributed by atoms with Gasteiger partial charge in [0, 0.05) is 19.4 Å². The maximum Gasteiger partial charge on any atom is 0.350 e. The van der Waals surface area contributed by atoms with Crippen LogP contribution in [0.1, 0.15) is 30.4 Å². The molecule has 1 heterocycles. The molecule has 0 unspecified atom stereocenters. The van der Waals surface area contributed by atoms with Crippen LogP contribution in [0.15, 0.2) is 33.2 Å². The van der Waals surface area contributed by atoms with Gasteiger partial charge in [-0.25, -0.2) is 4.79 Å². The van der Waals surface area contributed by atoms with Crippen LogP contribution >= 0.6 is 43.2 Å². The summed E-state index contributed by atoms with van der Waals surface area (Å²) >= 11 is 8.30. The van der Waals surface area contributed by atoms with Crippen molar-refractivity contribution in [3.63, 3.8) is 0 Å². The summed E-state index contributed by atoms with van der Waals surface area (Å²) in [5.74, 6) is -0.387. The molecule has 0 spiro atoms. The van der Waals surface area contributed by atoms with Crippen LogP contribution in [-0.4, -0.2) is 11.6 Å². The Morgan fingerprint density at radius 2 is 1.90 bits per heavy atom. The van der Waals surface area contributed by atoms with Crippen molar-refractivity contribution in [2.24, 2.45) is 0 Å². The van der Waals surface area contributed by atoms with E-state index < -0.39 is 5.60 Å². The Kier molecular flexibility index (Phi) is 4.80. The Morgan fingerprint density at radius 1 is 1.24 bits per heavy atom. The summed E-state index contributed by atoms with van der Waals surface area (Å²) < 4.78 is 7.29. The largest absolute Gasteiger partial charge is 0.456 e. The van der Waals surface area contributed by atoms with Gasteiger partial charge in [0.2, 0.25) is 0 Å². The van der Waals surface area contributed by atoms with Crippen LogP contribution in [0.3, 0.4) is 0 Å². The first-order valence-electron chi connectivity index (χ1n) is 6.25. The predicted octanol–water partition coefficient (Wildman–Crippen LogP) is 5.48. The van der Waals surface area contributed by atoms with Gasteiger partial charge in [-0.1, -0.05) is 31.9 Å². The van der Waals surface area contributed by atoms with E-state index in [1.165, 1.54) is 11.3 Å². The van der Waals surface area contributed by atoms with Crippen molar-refractivity contribution in [3.05, 3.63) is 38.1 Å². The zero-order chi connectivity index (χ0) is 15.8. The van der Waals surface area contributed by atoms with E-state index in [-0.39, 0.29) is 5.97 Å². The summed E-state index contributed by atoms with van der Waals surface area (Å²) in [5, 5.41) is 0. The Hall–Kier alpha value is -0.850. The van der Waals surface area contributed by atoms with Crippen LogP contribution in [0, 0.1) is 0 Å². The topological polar surface area (TPSA) is 52.3 Å². The molecule has 3 nitrogen and oxygen atoms in total. The minimum absolute atomic E-state index is 0.387. The van der Waals surface area contributed by atoms with E-state index in [1.54, 1.807) is 6.07 Å². The van der Waals surface area contributed by atoms with Gasteiger partial charge in [0.05, 0.1) is 5.69 Å². The van der Waals surface area contributed by atoms with Gasteiger partial charge in [-0.2, -0.15) is 0 Å². The lowest BCUT2D eigenvalue weighted by Gasteiger charge is -2.18. The quantitative estimate of drug-likeness (QED) is 0.639. The number of hydrogen-bond acceptors (Lipinski definition) is 4. The number of ether oxygens (including phenoxy) is 1. The number of anilines is 1. The second-order valence-corrected chi connectivity index (χ2v) is 8.34. The van der Waals surface area contributed by atoms with Crippen molar-refractivity contribution in [1.82, 2.24) is 0 Å². The molecule has 0 atom stereocenters. The minimum Gasteiger partial charge on any atom is -0.456 e. The van der Waals surface area contributed by atoms with Crippen LogP contribution in [0.2, 0.25) is 0 Å². The lowest BCUT2D eigenvalue weighted by molar-refractivity contribution is 0.00764. The van der Waals surface area contributed by atoms with E-state index in [4.69, 9.17) is 10.5 Å². The number of benzene rings is 1. The van der Waals surface area contributed by atoms with Crippen molar-refractivity contribution in [3.8, 4) is 10.4 Å². The van der Waals surface area contributed by atoms with E-state index in [0.29, 0.717) is 10.6 Å². The van der Waals surface area contributed by atoms with Crippen LogP contribution in [0.4, 0.5) is 5.69 Å². The summed E-state index contributed by atoms with van der Waals surface area (Å²) in [4.78, 5) is 13.5. The fourth-order valence-corrected chi connectivity index (χ4v) is 3.65. The van der Waals surface area contributed by atoms with Crippen molar-refractivity contribution >= 4 is 54.9 Å². The van der Waals surface area contributed by atoms with Gasteiger partial charge in [0.15, 0.2) is 0 Å². The second-order valence-electron chi connectivity index (χ2n) is 5.52. The van der Waals surface area contributed by atoms with E-state index >= 15 is 0 Å². The molecule has 112 valence electrons. The molecule has 6 heteroatoms. The fraction of sp³-hybridized carbons (Fsp3) is 0.267. The Bertz CT molecular complexity index is 689. The average Bonchev–Trinajstić information content (AvgIpc) is 2.72. The molecule has 0 fully saturated rings. The van der Waals surface area contributed by atoms with Crippen LogP contribution in [-0.2, 0) is 4.74 Å². The highest BCUT2D eigenvalue weighted by atomic mass is 79.9. The third kappa shape index (κ3) is 4.08. The monoisotopic (exact) mass is 431 g/mol. The molecule has 0 aliphatic carbocycles. The predicted molar refractivity (Wildman–Crippen MR) is 94.7 cm³/mol. The molecule has 0 saturated carbocycles. The molecule has 0 bridgehead atoms. The van der Waals surface area contributed by atoms with Gasteiger partial charge < -0.3 is 10.5 Å². The zero-order valence-corrected chi connectivity index (χ0v) is 15.9. The molecular weight excluding hydrogens is 418 g/mol. The third-order valence-electron chi connectivity index (χ3n) is 2.54. The summed E-state index contributed by atoms with van der Waals surface area (Å²) in [5.41, 5.74) is 6.85. The molecule has 2 rings (SSSR count). The molecule has 0 saturated heterocycles. The fourth-order valence-electron chi connectivity index (χ4n) is 1.71. The van der Waals surface area contributed by atoms with Crippen LogP contribution in [0.25, 0.3) is 10.4 Å². The first-order valence-corrected chi connectivity index (χ1v) is 8.66. The molecule has 1 aromatic carbocycles. The molecule has 2 N–H and O–H groups in total. The molecule has 0 aliphatic heterocycles.